The summed E-state index contributed by atoms with van der Waals surface area (Å²) in [5, 5.41) is 0. The third-order valence-electron chi connectivity index (χ3n) is 3.40. The summed E-state index contributed by atoms with van der Waals surface area (Å²) < 4.78 is 0. The van der Waals surface area contributed by atoms with Gasteiger partial charge in [0.25, 0.3) is 5.91 Å². The molecule has 1 amide bonds. The summed E-state index contributed by atoms with van der Waals surface area (Å²) in [4.78, 5) is 18.6. The van der Waals surface area contributed by atoms with Crippen LogP contribution in [0, 0.1) is 0 Å². The smallest absolute Gasteiger partial charge is 0.254 e. The molecule has 110 valence electrons. The molecule has 2 rings (SSSR count). The average molecular weight is 283 g/mol. The largest absolute Gasteiger partial charge is 0.332 e. The molecule has 0 spiro atoms. The maximum Gasteiger partial charge on any atom is 0.254 e. The second kappa shape index (κ2) is 6.99. The minimum atomic E-state index is 0.0254. The van der Waals surface area contributed by atoms with Crippen molar-refractivity contribution < 1.29 is 4.79 Å². The van der Waals surface area contributed by atoms with Crippen molar-refractivity contribution in [1.29, 1.82) is 0 Å². The molecule has 4 heteroatoms. The predicted molar refractivity (Wildman–Crippen MR) is 83.6 cm³/mol. The number of hydrogen-bond acceptors (Lipinski definition) is 3. The Bertz CT molecular complexity index is 579. The Balaban J connectivity index is 2.18. The number of aromatic nitrogens is 1. The summed E-state index contributed by atoms with van der Waals surface area (Å²) in [5.74, 6) is 0.0254. The van der Waals surface area contributed by atoms with Crippen LogP contribution in [0.5, 0.6) is 0 Å². The first-order valence-corrected chi connectivity index (χ1v) is 7.10. The SMILES string of the molecule is CC(C)N(Cc1cccnc1)C(=O)c1ccc(CN)cc1. The first-order valence-electron chi connectivity index (χ1n) is 7.10. The van der Waals surface area contributed by atoms with Crippen molar-refractivity contribution >= 4 is 5.91 Å². The van der Waals surface area contributed by atoms with Gasteiger partial charge in [0.2, 0.25) is 0 Å². The molecule has 4 nitrogen and oxygen atoms in total. The van der Waals surface area contributed by atoms with Crippen molar-refractivity contribution in [1.82, 2.24) is 9.88 Å². The molecule has 0 saturated heterocycles. The highest BCUT2D eigenvalue weighted by Crippen LogP contribution is 2.13. The molecule has 0 unspecified atom stereocenters. The topological polar surface area (TPSA) is 59.2 Å². The van der Waals surface area contributed by atoms with Gasteiger partial charge in [-0.05, 0) is 43.2 Å². The molecular formula is C17H21N3O. The van der Waals surface area contributed by atoms with E-state index in [2.05, 4.69) is 4.98 Å². The van der Waals surface area contributed by atoms with Crippen molar-refractivity contribution in [3.63, 3.8) is 0 Å². The summed E-state index contributed by atoms with van der Waals surface area (Å²) in [6, 6.07) is 11.5. The molecule has 0 radical (unpaired) electrons. The van der Waals surface area contributed by atoms with E-state index in [9.17, 15) is 4.79 Å². The van der Waals surface area contributed by atoms with Crippen LogP contribution in [0.25, 0.3) is 0 Å². The lowest BCUT2D eigenvalue weighted by Gasteiger charge is -2.27. The Kier molecular flexibility index (Phi) is 5.06. The van der Waals surface area contributed by atoms with Crippen LogP contribution in [0.15, 0.2) is 48.8 Å². The van der Waals surface area contributed by atoms with Gasteiger partial charge in [-0.25, -0.2) is 0 Å². The second-order valence-electron chi connectivity index (χ2n) is 5.29. The minimum absolute atomic E-state index is 0.0254. The molecule has 2 aromatic rings. The molecule has 21 heavy (non-hydrogen) atoms. The molecule has 0 aliphatic carbocycles. The number of nitrogens with two attached hydrogens (primary N) is 1. The van der Waals surface area contributed by atoms with E-state index in [1.54, 1.807) is 12.4 Å². The number of rotatable bonds is 5. The van der Waals surface area contributed by atoms with E-state index < -0.39 is 0 Å². The predicted octanol–water partition coefficient (Wildman–Crippen LogP) is 2.59. The molecule has 1 heterocycles. The number of carbonyl (C=O) groups is 1. The van der Waals surface area contributed by atoms with Gasteiger partial charge < -0.3 is 10.6 Å². The quantitative estimate of drug-likeness (QED) is 0.917. The van der Waals surface area contributed by atoms with Crippen molar-refractivity contribution in [2.45, 2.75) is 33.0 Å². The van der Waals surface area contributed by atoms with E-state index in [1.165, 1.54) is 0 Å². The summed E-state index contributed by atoms with van der Waals surface area (Å²) in [6.07, 6.45) is 3.52. The maximum atomic E-state index is 12.7. The number of hydrogen-bond donors (Lipinski definition) is 1. The van der Waals surface area contributed by atoms with Gasteiger partial charge >= 0.3 is 0 Å². The zero-order chi connectivity index (χ0) is 15.2. The Morgan fingerprint density at radius 2 is 1.90 bits per heavy atom. The summed E-state index contributed by atoms with van der Waals surface area (Å²) in [6.45, 7) is 5.08. The lowest BCUT2D eigenvalue weighted by molar-refractivity contribution is 0.0690. The zero-order valence-corrected chi connectivity index (χ0v) is 12.5. The van der Waals surface area contributed by atoms with Gasteiger partial charge in [0.15, 0.2) is 0 Å². The van der Waals surface area contributed by atoms with Crippen molar-refractivity contribution in [3.05, 3.63) is 65.5 Å². The van der Waals surface area contributed by atoms with Crippen molar-refractivity contribution in [3.8, 4) is 0 Å². The first kappa shape index (κ1) is 15.2. The number of pyridine rings is 1. The van der Waals surface area contributed by atoms with Crippen LogP contribution >= 0.6 is 0 Å². The Morgan fingerprint density at radius 3 is 2.43 bits per heavy atom. The molecule has 0 bridgehead atoms. The van der Waals surface area contributed by atoms with Gasteiger partial charge in [0.05, 0.1) is 0 Å². The van der Waals surface area contributed by atoms with Crippen LogP contribution in [-0.2, 0) is 13.1 Å². The molecular weight excluding hydrogens is 262 g/mol. The van der Waals surface area contributed by atoms with Crippen LogP contribution < -0.4 is 5.73 Å². The highest BCUT2D eigenvalue weighted by atomic mass is 16.2. The molecule has 0 aliphatic heterocycles. The lowest BCUT2D eigenvalue weighted by Crippen LogP contribution is -2.36. The molecule has 0 fully saturated rings. The first-order chi connectivity index (χ1) is 10.1. The van der Waals surface area contributed by atoms with Gasteiger partial charge in [0, 0.05) is 37.1 Å². The monoisotopic (exact) mass is 283 g/mol. The van der Waals surface area contributed by atoms with Crippen molar-refractivity contribution in [2.75, 3.05) is 0 Å². The third-order valence-corrected chi connectivity index (χ3v) is 3.40. The van der Waals surface area contributed by atoms with Gasteiger partial charge in [-0.15, -0.1) is 0 Å². The van der Waals surface area contributed by atoms with E-state index in [0.29, 0.717) is 18.7 Å². The van der Waals surface area contributed by atoms with E-state index in [1.807, 2.05) is 55.1 Å². The Hall–Kier alpha value is -2.20. The van der Waals surface area contributed by atoms with Crippen LogP contribution in [0.4, 0.5) is 0 Å². The Labute approximate surface area is 125 Å². The molecule has 1 aromatic carbocycles. The van der Waals surface area contributed by atoms with E-state index in [-0.39, 0.29) is 11.9 Å². The van der Waals surface area contributed by atoms with Crippen LogP contribution in [0.2, 0.25) is 0 Å². The fourth-order valence-electron chi connectivity index (χ4n) is 2.13. The van der Waals surface area contributed by atoms with Crippen LogP contribution in [-0.4, -0.2) is 21.8 Å². The molecule has 0 atom stereocenters. The summed E-state index contributed by atoms with van der Waals surface area (Å²) >= 11 is 0. The van der Waals surface area contributed by atoms with E-state index in [0.717, 1.165) is 11.1 Å². The highest BCUT2D eigenvalue weighted by Gasteiger charge is 2.19. The maximum absolute atomic E-state index is 12.7. The zero-order valence-electron chi connectivity index (χ0n) is 12.5. The molecule has 0 saturated carbocycles. The fourth-order valence-corrected chi connectivity index (χ4v) is 2.13. The molecule has 2 N–H and O–H groups in total. The lowest BCUT2D eigenvalue weighted by atomic mass is 10.1. The highest BCUT2D eigenvalue weighted by molar-refractivity contribution is 5.94. The van der Waals surface area contributed by atoms with Gasteiger partial charge in [-0.2, -0.15) is 0 Å². The minimum Gasteiger partial charge on any atom is -0.332 e. The number of nitrogens with zero attached hydrogens (tertiary/aromatic N) is 2. The third kappa shape index (κ3) is 3.89. The fraction of sp³-hybridized carbons (Fsp3) is 0.294. The summed E-state index contributed by atoms with van der Waals surface area (Å²) in [5.41, 5.74) is 8.32. The average Bonchev–Trinajstić information content (AvgIpc) is 2.53. The van der Waals surface area contributed by atoms with Gasteiger partial charge in [-0.3, -0.25) is 9.78 Å². The van der Waals surface area contributed by atoms with Crippen molar-refractivity contribution in [2.24, 2.45) is 5.73 Å². The number of amides is 1. The van der Waals surface area contributed by atoms with E-state index in [4.69, 9.17) is 5.73 Å². The van der Waals surface area contributed by atoms with Gasteiger partial charge in [-0.1, -0.05) is 18.2 Å². The van der Waals surface area contributed by atoms with Crippen LogP contribution in [0.3, 0.4) is 0 Å². The van der Waals surface area contributed by atoms with E-state index >= 15 is 0 Å². The Morgan fingerprint density at radius 1 is 1.19 bits per heavy atom. The van der Waals surface area contributed by atoms with Gasteiger partial charge in [0.1, 0.15) is 0 Å². The summed E-state index contributed by atoms with van der Waals surface area (Å²) in [7, 11) is 0. The second-order valence-corrected chi connectivity index (χ2v) is 5.29. The molecule has 1 aromatic heterocycles. The number of benzene rings is 1. The van der Waals surface area contributed by atoms with Crippen LogP contribution in [0.1, 0.15) is 35.3 Å². The normalized spacial score (nSPS) is 10.7. The molecule has 0 aliphatic rings. The standard InChI is InChI=1S/C17H21N3O/c1-13(2)20(12-15-4-3-9-19-11-15)17(21)16-7-5-14(10-18)6-8-16/h3-9,11,13H,10,12,18H2,1-2H3. The number of carbonyl (C=O) groups excluding carboxylic acids is 1.